The van der Waals surface area contributed by atoms with Crippen molar-refractivity contribution >= 4 is 109 Å². The van der Waals surface area contributed by atoms with Crippen molar-refractivity contribution < 1.29 is 4.42 Å². The second-order valence-electron chi connectivity index (χ2n) is 20.5. The Morgan fingerprint density at radius 2 is 0.602 bits per heavy atom. The zero-order valence-corrected chi connectivity index (χ0v) is 43.4. The second-order valence-corrected chi connectivity index (χ2v) is 20.5. The molecule has 6 heterocycles. The van der Waals surface area contributed by atoms with Crippen molar-refractivity contribution in [3.05, 3.63) is 234 Å². The molecule has 0 bridgehead atoms. The molecule has 0 N–H and O–H groups in total. The number of benzene rings is 10. The van der Waals surface area contributed by atoms with Gasteiger partial charge in [-0.3, -0.25) is 9.13 Å². The topological polar surface area (TPSA) is 188 Å². The van der Waals surface area contributed by atoms with E-state index in [0.29, 0.717) is 95.2 Å². The molecule has 378 valence electrons. The molecule has 0 fully saturated rings. The van der Waals surface area contributed by atoms with Crippen molar-refractivity contribution in [2.75, 3.05) is 0 Å². The molecule has 0 saturated carbocycles. The molecule has 0 saturated heterocycles. The normalized spacial score (nSPS) is 11.5. The lowest BCUT2D eigenvalue weighted by atomic mass is 9.95. The minimum atomic E-state index is 0.428. The molecule has 0 amide bonds. The predicted octanol–water partition coefficient (Wildman–Crippen LogP) is 16.3. The summed E-state index contributed by atoms with van der Waals surface area (Å²) in [4.78, 5) is 6.26. The maximum absolute atomic E-state index is 10.5. The van der Waals surface area contributed by atoms with Gasteiger partial charge in [0.1, 0.15) is 22.5 Å². The molecular weight excluding hydrogens is 1020 g/mol. The number of pyridine rings is 1. The van der Waals surface area contributed by atoms with Crippen LogP contribution in [0.4, 0.5) is 0 Å². The minimum absolute atomic E-state index is 0.428. The van der Waals surface area contributed by atoms with Crippen LogP contribution in [0.25, 0.3) is 143 Å². The van der Waals surface area contributed by atoms with Crippen molar-refractivity contribution in [1.82, 2.24) is 23.3 Å². The Kier molecular flexibility index (Phi) is 9.72. The van der Waals surface area contributed by atoms with Crippen LogP contribution in [0.2, 0.25) is 0 Å². The first kappa shape index (κ1) is 46.4. The Labute approximate surface area is 470 Å². The third kappa shape index (κ3) is 6.47. The van der Waals surface area contributed by atoms with E-state index < -0.39 is 0 Å². The van der Waals surface area contributed by atoms with Gasteiger partial charge in [0.15, 0.2) is 11.6 Å². The summed E-state index contributed by atoms with van der Waals surface area (Å²) >= 11 is 0. The van der Waals surface area contributed by atoms with Crippen molar-refractivity contribution in [1.29, 1.82) is 31.6 Å². The van der Waals surface area contributed by atoms with Gasteiger partial charge in [-0.1, -0.05) is 66.7 Å². The lowest BCUT2D eigenvalue weighted by Crippen LogP contribution is -2.16. The fraction of sp³-hybridized carbons (Fsp3) is 0. The Morgan fingerprint density at radius 3 is 0.976 bits per heavy atom. The fourth-order valence-electron chi connectivity index (χ4n) is 12.9. The maximum Gasteiger partial charge on any atom is 0.165 e. The van der Waals surface area contributed by atoms with Gasteiger partial charge in [0.05, 0.1) is 114 Å². The maximum atomic E-state index is 10.5. The molecule has 12 heteroatoms. The second kappa shape index (κ2) is 17.4. The number of hydrogen-bond donors (Lipinski definition) is 0. The number of aromatic nitrogens is 5. The highest BCUT2D eigenvalue weighted by molar-refractivity contribution is 6.20. The summed E-state index contributed by atoms with van der Waals surface area (Å²) < 4.78 is 15.6. The van der Waals surface area contributed by atoms with Crippen LogP contribution in [0.3, 0.4) is 0 Å². The number of para-hydroxylation sites is 3. The Bertz CT molecular complexity index is 5650. The summed E-state index contributed by atoms with van der Waals surface area (Å²) in [6.45, 7) is 0. The smallest absolute Gasteiger partial charge is 0.165 e. The molecule has 0 aliphatic rings. The molecule has 83 heavy (non-hydrogen) atoms. The number of furan rings is 1. The third-order valence-corrected chi connectivity index (χ3v) is 16.3. The highest BCUT2D eigenvalue weighted by Gasteiger charge is 2.34. The lowest BCUT2D eigenvalue weighted by Gasteiger charge is -2.27. The van der Waals surface area contributed by atoms with Gasteiger partial charge in [0.25, 0.3) is 0 Å². The quantitative estimate of drug-likeness (QED) is 0.163. The number of fused-ring (bicyclic) bond motifs is 15. The minimum Gasteiger partial charge on any atom is -0.456 e. The summed E-state index contributed by atoms with van der Waals surface area (Å²) in [7, 11) is 0. The van der Waals surface area contributed by atoms with E-state index in [1.54, 1.807) is 24.3 Å². The van der Waals surface area contributed by atoms with Crippen molar-refractivity contribution in [3.63, 3.8) is 0 Å². The largest absolute Gasteiger partial charge is 0.456 e. The molecule has 10 aromatic carbocycles. The van der Waals surface area contributed by atoms with Crippen LogP contribution in [-0.4, -0.2) is 23.3 Å². The van der Waals surface area contributed by atoms with E-state index in [9.17, 15) is 31.6 Å². The van der Waals surface area contributed by atoms with Gasteiger partial charge < -0.3 is 13.6 Å². The van der Waals surface area contributed by atoms with Crippen LogP contribution in [0, 0.1) is 68.0 Å². The summed E-state index contributed by atoms with van der Waals surface area (Å²) in [6.07, 6.45) is 0. The zero-order valence-electron chi connectivity index (χ0n) is 43.4. The van der Waals surface area contributed by atoms with E-state index in [0.717, 1.165) is 81.5 Å². The number of nitriles is 6. The van der Waals surface area contributed by atoms with E-state index in [1.165, 1.54) is 0 Å². The summed E-state index contributed by atoms with van der Waals surface area (Å²) in [6, 6.07) is 78.4. The van der Waals surface area contributed by atoms with Crippen LogP contribution < -0.4 is 0 Å². The molecule has 0 radical (unpaired) electrons. The Balaban J connectivity index is 1.27. The van der Waals surface area contributed by atoms with E-state index in [4.69, 9.17) is 9.40 Å². The van der Waals surface area contributed by atoms with Gasteiger partial charge in [-0.2, -0.15) is 31.6 Å². The monoisotopic (exact) mass is 1060 g/mol. The third-order valence-electron chi connectivity index (χ3n) is 16.3. The van der Waals surface area contributed by atoms with Crippen LogP contribution in [0.5, 0.6) is 0 Å². The van der Waals surface area contributed by atoms with Gasteiger partial charge in [-0.25, -0.2) is 4.98 Å². The van der Waals surface area contributed by atoms with Gasteiger partial charge in [0, 0.05) is 59.4 Å². The van der Waals surface area contributed by atoms with Gasteiger partial charge in [0.2, 0.25) is 0 Å². The molecule has 0 aliphatic heterocycles. The molecule has 0 atom stereocenters. The molecule has 0 aliphatic carbocycles. The van der Waals surface area contributed by atoms with Crippen LogP contribution in [-0.2, 0) is 0 Å². The highest BCUT2D eigenvalue weighted by atomic mass is 16.3. The number of rotatable bonds is 5. The van der Waals surface area contributed by atoms with E-state index in [1.807, 2.05) is 140 Å². The summed E-state index contributed by atoms with van der Waals surface area (Å²) in [5.41, 5.74) is 12.5. The molecular formula is C71H33N11O. The Hall–Kier alpha value is -12.7. The first-order valence-corrected chi connectivity index (χ1v) is 26.5. The van der Waals surface area contributed by atoms with E-state index in [-0.39, 0.29) is 0 Å². The summed E-state index contributed by atoms with van der Waals surface area (Å²) in [5, 5.41) is 71.1. The van der Waals surface area contributed by atoms with Gasteiger partial charge >= 0.3 is 0 Å². The predicted molar refractivity (Wildman–Crippen MR) is 323 cm³/mol. The zero-order chi connectivity index (χ0) is 55.8. The first-order valence-electron chi connectivity index (χ1n) is 26.5. The van der Waals surface area contributed by atoms with Crippen LogP contribution >= 0.6 is 0 Å². The van der Waals surface area contributed by atoms with Crippen molar-refractivity contribution in [2.45, 2.75) is 0 Å². The van der Waals surface area contributed by atoms with Gasteiger partial charge in [-0.15, -0.1) is 0 Å². The average Bonchev–Trinajstić information content (AvgIpc) is 2.17. The highest BCUT2D eigenvalue weighted by Crippen LogP contribution is 2.51. The van der Waals surface area contributed by atoms with E-state index >= 15 is 0 Å². The van der Waals surface area contributed by atoms with E-state index in [2.05, 4.69) is 91.1 Å². The van der Waals surface area contributed by atoms with Crippen LogP contribution in [0.1, 0.15) is 33.4 Å². The average molecular weight is 1060 g/mol. The summed E-state index contributed by atoms with van der Waals surface area (Å²) in [5.74, 6) is 0.955. The van der Waals surface area contributed by atoms with Crippen LogP contribution in [0.15, 0.2) is 205 Å². The standard InChI is InChI=1S/C71H33N11O/c72-34-40-16-22-58-50(28-40)51-29-41(35-73)17-23-59(51)79(58)68-67(49-11-7-15-65-66(49)48-10-3-6-14-64(48)83-65)69(80-60-24-18-42(36-74)30-52(60)53-31-43(37-75)19-25-61(53)80)71(78-70(68)81-56-12-4-1-8-46(56)47-9-2-5-13-57(47)81)82-62-26-20-44(38-76)32-54(62)55-33-45(39-77)21-27-63(55)82/h1-33H. The molecule has 0 unspecified atom stereocenters. The first-order chi connectivity index (χ1) is 40.9. The van der Waals surface area contributed by atoms with Crippen molar-refractivity contribution in [2.24, 2.45) is 0 Å². The molecule has 12 nitrogen and oxygen atoms in total. The van der Waals surface area contributed by atoms with Crippen molar-refractivity contribution in [3.8, 4) is 70.6 Å². The SMILES string of the molecule is N#Cc1ccc2c(c1)c1cc(C#N)ccc1n2-c1nc(-n2c3ccccc3c3ccccc32)c(-n2c3ccc(C#N)cc3c3cc(C#N)ccc32)c(-c2cccc3oc4ccccc4c23)c1-n1c2ccc(C#N)cc2c2cc(C#N)ccc21. The molecule has 0 spiro atoms. The number of nitrogens with zero attached hydrogens (tertiary/aromatic N) is 11. The fourth-order valence-corrected chi connectivity index (χ4v) is 12.9. The molecule has 16 aromatic rings. The lowest BCUT2D eigenvalue weighted by molar-refractivity contribution is 0.669. The molecule has 6 aromatic heterocycles. The Morgan fingerprint density at radius 1 is 0.289 bits per heavy atom. The van der Waals surface area contributed by atoms with Gasteiger partial charge in [-0.05, 0) is 139 Å². The molecule has 16 rings (SSSR count). The number of hydrogen-bond acceptors (Lipinski definition) is 8.